The van der Waals surface area contributed by atoms with Crippen LogP contribution in [-0.4, -0.2) is 39.3 Å². The number of carbonyl (C=O) groups is 1. The molecule has 0 unspecified atom stereocenters. The number of methoxy groups -OCH3 is 1. The summed E-state index contributed by atoms with van der Waals surface area (Å²) in [6, 6.07) is 18.9. The van der Waals surface area contributed by atoms with Crippen molar-refractivity contribution in [1.29, 1.82) is 5.26 Å². The maximum absolute atomic E-state index is 13.1. The highest BCUT2D eigenvalue weighted by Gasteiger charge is 2.19. The number of benzene rings is 3. The zero-order valence-corrected chi connectivity index (χ0v) is 18.4. The molecule has 1 fully saturated rings. The fourth-order valence-corrected chi connectivity index (χ4v) is 3.95. The minimum Gasteiger partial charge on any atom is -0.496 e. The quantitative estimate of drug-likeness (QED) is 0.445. The van der Waals surface area contributed by atoms with Crippen LogP contribution in [0.25, 0.3) is 16.8 Å². The average Bonchev–Trinajstić information content (AvgIpc) is 2.83. The minimum absolute atomic E-state index is 0.0347. The van der Waals surface area contributed by atoms with Crippen LogP contribution in [0, 0.1) is 11.3 Å². The molecule has 6 nitrogen and oxygen atoms in total. The maximum Gasteiger partial charge on any atom is 0.266 e. The minimum atomic E-state index is -0.515. The molecule has 1 aliphatic heterocycles. The van der Waals surface area contributed by atoms with E-state index in [1.54, 1.807) is 25.3 Å². The van der Waals surface area contributed by atoms with E-state index in [4.69, 9.17) is 21.1 Å². The summed E-state index contributed by atoms with van der Waals surface area (Å²) in [5, 5.41) is 15.0. The van der Waals surface area contributed by atoms with Crippen LogP contribution in [0.5, 0.6) is 5.75 Å². The Kier molecular flexibility index (Phi) is 6.60. The second-order valence-corrected chi connectivity index (χ2v) is 7.72. The van der Waals surface area contributed by atoms with Crippen LogP contribution in [0.1, 0.15) is 5.56 Å². The van der Waals surface area contributed by atoms with Crippen LogP contribution < -0.4 is 15.0 Å². The first kappa shape index (κ1) is 21.7. The van der Waals surface area contributed by atoms with E-state index in [9.17, 15) is 10.1 Å². The first-order chi connectivity index (χ1) is 15.6. The number of halogens is 1. The number of amides is 1. The summed E-state index contributed by atoms with van der Waals surface area (Å²) in [5.41, 5.74) is 2.03. The van der Waals surface area contributed by atoms with E-state index in [2.05, 4.69) is 10.2 Å². The first-order valence-corrected chi connectivity index (χ1v) is 10.6. The van der Waals surface area contributed by atoms with Crippen molar-refractivity contribution in [3.05, 3.63) is 70.8 Å². The second kappa shape index (κ2) is 9.73. The standard InChI is InChI=1S/C25H22ClN3O3/c1-31-24-9-6-17-4-2-3-5-20(17)21(24)14-18(16-27)25(30)28-22-15-19(26)7-8-23(22)29-10-12-32-13-11-29/h2-9,14-15H,10-13H2,1H3,(H,28,30)/b18-14+. The normalized spacial score (nSPS) is 14.2. The summed E-state index contributed by atoms with van der Waals surface area (Å²) in [5.74, 6) is 0.0697. The summed E-state index contributed by atoms with van der Waals surface area (Å²) in [6.07, 6.45) is 1.56. The van der Waals surface area contributed by atoms with Gasteiger partial charge in [0.2, 0.25) is 0 Å². The highest BCUT2D eigenvalue weighted by atomic mass is 35.5. The van der Waals surface area contributed by atoms with Gasteiger partial charge in [0.25, 0.3) is 5.91 Å². The van der Waals surface area contributed by atoms with Crippen molar-refractivity contribution in [2.45, 2.75) is 0 Å². The zero-order chi connectivity index (χ0) is 22.5. The number of anilines is 2. The molecule has 1 aliphatic rings. The molecule has 162 valence electrons. The van der Waals surface area contributed by atoms with E-state index in [1.807, 2.05) is 48.5 Å². The molecule has 0 radical (unpaired) electrons. The molecule has 3 aromatic carbocycles. The summed E-state index contributed by atoms with van der Waals surface area (Å²) >= 11 is 6.20. The van der Waals surface area contributed by atoms with Crippen LogP contribution in [0.4, 0.5) is 11.4 Å². The highest BCUT2D eigenvalue weighted by molar-refractivity contribution is 6.31. The Morgan fingerprint density at radius 2 is 1.97 bits per heavy atom. The smallest absolute Gasteiger partial charge is 0.266 e. The van der Waals surface area contributed by atoms with Crippen LogP contribution in [0.3, 0.4) is 0 Å². The number of nitrogens with one attached hydrogen (secondary N) is 1. The molecule has 0 spiro atoms. The Balaban J connectivity index is 1.70. The highest BCUT2D eigenvalue weighted by Crippen LogP contribution is 2.32. The molecular formula is C25H22ClN3O3. The van der Waals surface area contributed by atoms with Gasteiger partial charge in [-0.2, -0.15) is 5.26 Å². The molecular weight excluding hydrogens is 426 g/mol. The SMILES string of the molecule is COc1ccc2ccccc2c1/C=C(\C#N)C(=O)Nc1cc(Cl)ccc1N1CCOCC1. The number of nitriles is 1. The van der Waals surface area contributed by atoms with Gasteiger partial charge in [0.15, 0.2) is 0 Å². The Morgan fingerprint density at radius 1 is 1.19 bits per heavy atom. The molecule has 1 amide bonds. The first-order valence-electron chi connectivity index (χ1n) is 10.2. The number of nitrogens with zero attached hydrogens (tertiary/aromatic N) is 2. The summed E-state index contributed by atoms with van der Waals surface area (Å²) in [7, 11) is 1.56. The van der Waals surface area contributed by atoms with Gasteiger partial charge in [-0.15, -0.1) is 0 Å². The molecule has 3 aromatic rings. The van der Waals surface area contributed by atoms with Crippen molar-refractivity contribution in [2.24, 2.45) is 0 Å². The van der Waals surface area contributed by atoms with Gasteiger partial charge < -0.3 is 19.7 Å². The molecule has 0 aliphatic carbocycles. The molecule has 1 N–H and O–H groups in total. The Hall–Kier alpha value is -3.53. The zero-order valence-electron chi connectivity index (χ0n) is 17.6. The van der Waals surface area contributed by atoms with Gasteiger partial charge in [0.1, 0.15) is 17.4 Å². The molecule has 32 heavy (non-hydrogen) atoms. The predicted octanol–water partition coefficient (Wildman–Crippen LogP) is 4.88. The lowest BCUT2D eigenvalue weighted by molar-refractivity contribution is -0.112. The maximum atomic E-state index is 13.1. The molecule has 0 atom stereocenters. The van der Waals surface area contributed by atoms with Crippen molar-refractivity contribution in [2.75, 3.05) is 43.6 Å². The largest absolute Gasteiger partial charge is 0.496 e. The fraction of sp³-hybridized carbons (Fsp3) is 0.200. The van der Waals surface area contributed by atoms with E-state index >= 15 is 0 Å². The topological polar surface area (TPSA) is 74.6 Å². The van der Waals surface area contributed by atoms with Crippen LogP contribution in [0.2, 0.25) is 5.02 Å². The van der Waals surface area contributed by atoms with Gasteiger partial charge in [-0.1, -0.05) is 41.9 Å². The predicted molar refractivity (Wildman–Crippen MR) is 127 cm³/mol. The second-order valence-electron chi connectivity index (χ2n) is 7.29. The lowest BCUT2D eigenvalue weighted by Crippen LogP contribution is -2.36. The van der Waals surface area contributed by atoms with Crippen molar-refractivity contribution >= 4 is 45.7 Å². The average molecular weight is 448 g/mol. The molecule has 0 saturated carbocycles. The lowest BCUT2D eigenvalue weighted by atomic mass is 10.0. The summed E-state index contributed by atoms with van der Waals surface area (Å²) < 4.78 is 10.9. The van der Waals surface area contributed by atoms with Gasteiger partial charge >= 0.3 is 0 Å². The third-order valence-corrected chi connectivity index (χ3v) is 5.60. The van der Waals surface area contributed by atoms with Crippen LogP contribution in [-0.2, 0) is 9.53 Å². The molecule has 0 aromatic heterocycles. The number of fused-ring (bicyclic) bond motifs is 1. The number of hydrogen-bond donors (Lipinski definition) is 1. The van der Waals surface area contributed by atoms with Gasteiger partial charge in [-0.25, -0.2) is 0 Å². The van der Waals surface area contributed by atoms with Gasteiger partial charge in [-0.3, -0.25) is 4.79 Å². The van der Waals surface area contributed by atoms with E-state index in [0.29, 0.717) is 48.3 Å². The van der Waals surface area contributed by atoms with Gasteiger partial charge in [0, 0.05) is 23.7 Å². The van der Waals surface area contributed by atoms with Crippen LogP contribution in [0.15, 0.2) is 60.2 Å². The van der Waals surface area contributed by atoms with Crippen molar-refractivity contribution in [1.82, 2.24) is 0 Å². The van der Waals surface area contributed by atoms with Crippen molar-refractivity contribution in [3.63, 3.8) is 0 Å². The Labute approximate surface area is 191 Å². The van der Waals surface area contributed by atoms with Gasteiger partial charge in [0.05, 0.1) is 31.7 Å². The van der Waals surface area contributed by atoms with Crippen LogP contribution >= 0.6 is 11.6 Å². The number of rotatable bonds is 5. The van der Waals surface area contributed by atoms with Crippen molar-refractivity contribution in [3.8, 4) is 11.8 Å². The fourth-order valence-electron chi connectivity index (χ4n) is 3.77. The Morgan fingerprint density at radius 3 is 2.72 bits per heavy atom. The molecule has 1 heterocycles. The molecule has 7 heteroatoms. The lowest BCUT2D eigenvalue weighted by Gasteiger charge is -2.30. The number of morpholine rings is 1. The third kappa shape index (κ3) is 4.54. The van der Waals surface area contributed by atoms with Gasteiger partial charge in [-0.05, 0) is 41.1 Å². The molecule has 0 bridgehead atoms. The Bertz CT molecular complexity index is 1230. The third-order valence-electron chi connectivity index (χ3n) is 5.36. The van der Waals surface area contributed by atoms with Crippen molar-refractivity contribution < 1.29 is 14.3 Å². The number of carbonyl (C=O) groups excluding carboxylic acids is 1. The van der Waals surface area contributed by atoms with E-state index in [-0.39, 0.29) is 5.57 Å². The number of ether oxygens (including phenoxy) is 2. The molecule has 4 rings (SSSR count). The summed E-state index contributed by atoms with van der Waals surface area (Å²) in [4.78, 5) is 15.2. The van der Waals surface area contributed by atoms with E-state index in [1.165, 1.54) is 0 Å². The molecule has 1 saturated heterocycles. The van der Waals surface area contributed by atoms with E-state index in [0.717, 1.165) is 16.5 Å². The number of hydrogen-bond acceptors (Lipinski definition) is 5. The van der Waals surface area contributed by atoms with E-state index < -0.39 is 5.91 Å². The monoisotopic (exact) mass is 447 g/mol. The summed E-state index contributed by atoms with van der Waals surface area (Å²) in [6.45, 7) is 2.64.